The normalized spacial score (nSPS) is 16.3. The molecule has 2 N–H and O–H groups in total. The summed E-state index contributed by atoms with van der Waals surface area (Å²) in [4.78, 5) is 30.0. The van der Waals surface area contributed by atoms with Gasteiger partial charge in [0.25, 0.3) is 0 Å². The zero-order valence-corrected chi connectivity index (χ0v) is 16.4. The highest BCUT2D eigenvalue weighted by Crippen LogP contribution is 2.29. The molecule has 1 aromatic heterocycles. The van der Waals surface area contributed by atoms with Gasteiger partial charge in [-0.2, -0.15) is 0 Å². The number of benzene rings is 2. The number of carbonyl (C=O) groups excluding carboxylic acids is 2. The SMILES string of the molecule is COc1ccc(CN2CC(C(=O)Nc3ccc4[nH]ccc4c3)CC2=O)cc1OC. The van der Waals surface area contributed by atoms with E-state index in [0.29, 0.717) is 24.6 Å². The molecule has 1 saturated heterocycles. The van der Waals surface area contributed by atoms with Gasteiger partial charge in [0.1, 0.15) is 0 Å². The van der Waals surface area contributed by atoms with Crippen LogP contribution in [-0.2, 0) is 16.1 Å². The van der Waals surface area contributed by atoms with Crippen molar-refractivity contribution in [3.63, 3.8) is 0 Å². The number of likely N-dealkylation sites (tertiary alicyclic amines) is 1. The number of rotatable bonds is 6. The summed E-state index contributed by atoms with van der Waals surface area (Å²) in [6.45, 7) is 0.823. The lowest BCUT2D eigenvalue weighted by Crippen LogP contribution is -2.28. The molecule has 0 bridgehead atoms. The van der Waals surface area contributed by atoms with Crippen molar-refractivity contribution in [1.29, 1.82) is 0 Å². The van der Waals surface area contributed by atoms with Gasteiger partial charge in [-0.05, 0) is 42.0 Å². The summed E-state index contributed by atoms with van der Waals surface area (Å²) in [6.07, 6.45) is 2.07. The number of H-pyrrole nitrogens is 1. The number of amides is 2. The van der Waals surface area contributed by atoms with Gasteiger partial charge in [0, 0.05) is 42.3 Å². The number of hydrogen-bond acceptors (Lipinski definition) is 4. The quantitative estimate of drug-likeness (QED) is 0.674. The fourth-order valence-electron chi connectivity index (χ4n) is 3.68. The monoisotopic (exact) mass is 393 g/mol. The lowest BCUT2D eigenvalue weighted by atomic mass is 10.1. The molecule has 7 heteroatoms. The van der Waals surface area contributed by atoms with Gasteiger partial charge >= 0.3 is 0 Å². The van der Waals surface area contributed by atoms with Crippen LogP contribution in [0.15, 0.2) is 48.7 Å². The Morgan fingerprint density at radius 3 is 2.76 bits per heavy atom. The molecule has 0 saturated carbocycles. The minimum absolute atomic E-state index is 0.0268. The number of aromatic nitrogens is 1. The maximum atomic E-state index is 12.7. The number of nitrogens with zero attached hydrogens (tertiary/aromatic N) is 1. The third kappa shape index (κ3) is 3.89. The molecule has 2 amide bonds. The van der Waals surface area contributed by atoms with E-state index in [9.17, 15) is 9.59 Å². The van der Waals surface area contributed by atoms with Crippen molar-refractivity contribution in [3.8, 4) is 11.5 Å². The van der Waals surface area contributed by atoms with Crippen LogP contribution in [-0.4, -0.2) is 42.5 Å². The van der Waals surface area contributed by atoms with Crippen LogP contribution >= 0.6 is 0 Å². The van der Waals surface area contributed by atoms with E-state index in [2.05, 4.69) is 10.3 Å². The van der Waals surface area contributed by atoms with Crippen molar-refractivity contribution >= 4 is 28.4 Å². The molecule has 1 aliphatic heterocycles. The van der Waals surface area contributed by atoms with E-state index in [1.165, 1.54) is 0 Å². The van der Waals surface area contributed by atoms with Crippen LogP contribution in [0, 0.1) is 5.92 Å². The van der Waals surface area contributed by atoms with Gasteiger partial charge in [0.2, 0.25) is 11.8 Å². The highest BCUT2D eigenvalue weighted by atomic mass is 16.5. The third-order valence-corrected chi connectivity index (χ3v) is 5.23. The molecule has 4 rings (SSSR count). The Morgan fingerprint density at radius 2 is 1.97 bits per heavy atom. The van der Waals surface area contributed by atoms with Gasteiger partial charge in [-0.1, -0.05) is 6.07 Å². The smallest absolute Gasteiger partial charge is 0.229 e. The Balaban J connectivity index is 1.41. The van der Waals surface area contributed by atoms with E-state index in [0.717, 1.165) is 22.2 Å². The first-order valence-corrected chi connectivity index (χ1v) is 9.44. The van der Waals surface area contributed by atoms with Crippen LogP contribution in [0.2, 0.25) is 0 Å². The van der Waals surface area contributed by atoms with Crippen LogP contribution in [0.5, 0.6) is 11.5 Å². The molecular formula is C22H23N3O4. The Morgan fingerprint density at radius 1 is 1.14 bits per heavy atom. The van der Waals surface area contributed by atoms with Gasteiger partial charge in [-0.15, -0.1) is 0 Å². The van der Waals surface area contributed by atoms with Gasteiger partial charge in [-0.3, -0.25) is 9.59 Å². The highest BCUT2D eigenvalue weighted by molar-refractivity contribution is 5.98. The van der Waals surface area contributed by atoms with Crippen molar-refractivity contribution in [2.45, 2.75) is 13.0 Å². The van der Waals surface area contributed by atoms with Crippen molar-refractivity contribution < 1.29 is 19.1 Å². The summed E-state index contributed by atoms with van der Waals surface area (Å²) in [6, 6.07) is 13.2. The van der Waals surface area contributed by atoms with Crippen LogP contribution < -0.4 is 14.8 Å². The summed E-state index contributed by atoms with van der Waals surface area (Å²) < 4.78 is 10.6. The van der Waals surface area contributed by atoms with E-state index in [1.54, 1.807) is 19.1 Å². The molecule has 2 heterocycles. The maximum Gasteiger partial charge on any atom is 0.229 e. The molecule has 7 nitrogen and oxygen atoms in total. The van der Waals surface area contributed by atoms with Gasteiger partial charge in [-0.25, -0.2) is 0 Å². The lowest BCUT2D eigenvalue weighted by molar-refractivity contribution is -0.128. The lowest BCUT2D eigenvalue weighted by Gasteiger charge is -2.18. The molecule has 0 spiro atoms. The fraction of sp³-hybridized carbons (Fsp3) is 0.273. The van der Waals surface area contributed by atoms with Gasteiger partial charge < -0.3 is 24.7 Å². The molecule has 29 heavy (non-hydrogen) atoms. The number of hydrogen-bond donors (Lipinski definition) is 2. The van der Waals surface area contributed by atoms with Crippen molar-refractivity contribution in [2.24, 2.45) is 5.92 Å². The Hall–Kier alpha value is -3.48. The molecule has 1 atom stereocenters. The zero-order valence-electron chi connectivity index (χ0n) is 16.4. The second kappa shape index (κ2) is 7.87. The summed E-state index contributed by atoms with van der Waals surface area (Å²) >= 11 is 0. The number of fused-ring (bicyclic) bond motifs is 1. The molecule has 1 fully saturated rings. The standard InChI is InChI=1S/C22H23N3O4/c1-28-19-6-3-14(9-20(19)29-2)12-25-13-16(11-21(25)26)22(27)24-17-4-5-18-15(10-17)7-8-23-18/h3-10,16,23H,11-13H2,1-2H3,(H,24,27). The third-order valence-electron chi connectivity index (χ3n) is 5.23. The summed E-state index contributed by atoms with van der Waals surface area (Å²) in [7, 11) is 3.16. The first-order chi connectivity index (χ1) is 14.1. The second-order valence-corrected chi connectivity index (χ2v) is 7.13. The van der Waals surface area contributed by atoms with Crippen molar-refractivity contribution in [1.82, 2.24) is 9.88 Å². The van der Waals surface area contributed by atoms with Crippen LogP contribution in [0.4, 0.5) is 5.69 Å². The summed E-state index contributed by atoms with van der Waals surface area (Å²) in [5.74, 6) is 0.723. The number of carbonyl (C=O) groups is 2. The van der Waals surface area contributed by atoms with Gasteiger partial charge in [0.05, 0.1) is 20.1 Å². The topological polar surface area (TPSA) is 83.7 Å². The number of ether oxygens (including phenoxy) is 2. The van der Waals surface area contributed by atoms with E-state index in [-0.39, 0.29) is 24.2 Å². The van der Waals surface area contributed by atoms with Crippen molar-refractivity contribution in [3.05, 3.63) is 54.2 Å². The average molecular weight is 393 g/mol. The van der Waals surface area contributed by atoms with Crippen LogP contribution in [0.1, 0.15) is 12.0 Å². The molecular weight excluding hydrogens is 370 g/mol. The molecule has 1 aliphatic rings. The molecule has 0 aliphatic carbocycles. The van der Waals surface area contributed by atoms with E-state index >= 15 is 0 Å². The predicted molar refractivity (Wildman–Crippen MR) is 110 cm³/mol. The Bertz CT molecular complexity index is 1060. The molecule has 1 unspecified atom stereocenters. The van der Waals surface area contributed by atoms with Crippen molar-refractivity contribution in [2.75, 3.05) is 26.1 Å². The minimum atomic E-state index is -0.371. The highest BCUT2D eigenvalue weighted by Gasteiger charge is 2.34. The van der Waals surface area contributed by atoms with Crippen LogP contribution in [0.25, 0.3) is 10.9 Å². The average Bonchev–Trinajstić information content (AvgIpc) is 3.34. The van der Waals surface area contributed by atoms with Crippen LogP contribution in [0.3, 0.4) is 0 Å². The zero-order chi connectivity index (χ0) is 20.4. The fourth-order valence-corrected chi connectivity index (χ4v) is 3.68. The van der Waals surface area contributed by atoms with Gasteiger partial charge in [0.15, 0.2) is 11.5 Å². The molecule has 2 aromatic carbocycles. The minimum Gasteiger partial charge on any atom is -0.493 e. The predicted octanol–water partition coefficient (Wildman–Crippen LogP) is 3.17. The Kier molecular flexibility index (Phi) is 5.12. The molecule has 150 valence electrons. The maximum absolute atomic E-state index is 12.7. The number of methoxy groups -OCH3 is 2. The number of nitrogens with one attached hydrogen (secondary N) is 2. The summed E-state index contributed by atoms with van der Waals surface area (Å²) in [5.41, 5.74) is 2.67. The first-order valence-electron chi connectivity index (χ1n) is 9.44. The Labute approximate surface area is 168 Å². The van der Waals surface area contributed by atoms with E-state index in [1.807, 2.05) is 48.7 Å². The molecule has 0 radical (unpaired) electrons. The van der Waals surface area contributed by atoms with E-state index in [4.69, 9.17) is 9.47 Å². The second-order valence-electron chi connectivity index (χ2n) is 7.13. The summed E-state index contributed by atoms with van der Waals surface area (Å²) in [5, 5.41) is 3.96. The number of aromatic amines is 1. The first kappa shape index (κ1) is 18.9. The van der Waals surface area contributed by atoms with E-state index < -0.39 is 0 Å². The molecule has 3 aromatic rings. The number of anilines is 1. The largest absolute Gasteiger partial charge is 0.493 e.